The predicted octanol–water partition coefficient (Wildman–Crippen LogP) is 4.15. The zero-order valence-electron chi connectivity index (χ0n) is 10.8. The average molecular weight is 294 g/mol. The van der Waals surface area contributed by atoms with Gasteiger partial charge in [-0.1, -0.05) is 18.2 Å². The van der Waals surface area contributed by atoms with E-state index in [4.69, 9.17) is 11.6 Å². The van der Waals surface area contributed by atoms with Crippen LogP contribution in [0.4, 0.5) is 0 Å². The Balaban J connectivity index is 2.10. The van der Waals surface area contributed by atoms with Crippen LogP contribution >= 0.6 is 22.9 Å². The Morgan fingerprint density at radius 3 is 2.53 bits per heavy atom. The minimum absolute atomic E-state index is 0.0667. The molecule has 0 fully saturated rings. The summed E-state index contributed by atoms with van der Waals surface area (Å²) in [5, 5.41) is 2.03. The first-order valence-corrected chi connectivity index (χ1v) is 7.62. The van der Waals surface area contributed by atoms with E-state index in [0.29, 0.717) is 24.5 Å². The highest BCUT2D eigenvalue weighted by Crippen LogP contribution is 2.15. The molecule has 0 saturated heterocycles. The maximum atomic E-state index is 12.4. The standard InChI is InChI=1S/C15H16ClNOS/c1-2-17(11-14-4-3-9-19-14)15(18)13-7-5-12(10-16)6-8-13/h3-9H,2,10-11H2,1H3. The number of rotatable bonds is 5. The quantitative estimate of drug-likeness (QED) is 0.758. The van der Waals surface area contributed by atoms with Crippen LogP contribution in [-0.4, -0.2) is 17.4 Å². The Hall–Kier alpha value is -1.32. The second kappa shape index (κ2) is 6.73. The summed E-state index contributed by atoms with van der Waals surface area (Å²) in [5.41, 5.74) is 1.74. The van der Waals surface area contributed by atoms with Gasteiger partial charge < -0.3 is 4.90 Å². The smallest absolute Gasteiger partial charge is 0.254 e. The minimum Gasteiger partial charge on any atom is -0.334 e. The van der Waals surface area contributed by atoms with Crippen LogP contribution in [-0.2, 0) is 12.4 Å². The van der Waals surface area contributed by atoms with Crippen molar-refractivity contribution in [2.24, 2.45) is 0 Å². The molecule has 0 unspecified atom stereocenters. The van der Waals surface area contributed by atoms with E-state index in [1.807, 2.05) is 47.5 Å². The molecule has 0 aliphatic heterocycles. The summed E-state index contributed by atoms with van der Waals surface area (Å²) >= 11 is 7.42. The van der Waals surface area contributed by atoms with E-state index in [1.54, 1.807) is 11.3 Å². The van der Waals surface area contributed by atoms with Gasteiger partial charge in [0.05, 0.1) is 6.54 Å². The van der Waals surface area contributed by atoms with Gasteiger partial charge >= 0.3 is 0 Å². The molecular formula is C15H16ClNOS. The van der Waals surface area contributed by atoms with Gasteiger partial charge in [0.1, 0.15) is 0 Å². The van der Waals surface area contributed by atoms with E-state index in [-0.39, 0.29) is 5.91 Å². The molecule has 0 bridgehead atoms. The lowest BCUT2D eigenvalue weighted by Crippen LogP contribution is -2.29. The van der Waals surface area contributed by atoms with E-state index < -0.39 is 0 Å². The van der Waals surface area contributed by atoms with Crippen molar-refractivity contribution in [2.75, 3.05) is 6.54 Å². The number of hydrogen-bond acceptors (Lipinski definition) is 2. The summed E-state index contributed by atoms with van der Waals surface area (Å²) in [6.45, 7) is 3.37. The van der Waals surface area contributed by atoms with Crippen molar-refractivity contribution in [2.45, 2.75) is 19.3 Å². The van der Waals surface area contributed by atoms with Crippen LogP contribution in [0.3, 0.4) is 0 Å². The molecule has 0 aliphatic carbocycles. The van der Waals surface area contributed by atoms with Crippen LogP contribution in [0.1, 0.15) is 27.7 Å². The van der Waals surface area contributed by atoms with E-state index >= 15 is 0 Å². The van der Waals surface area contributed by atoms with Crippen molar-refractivity contribution in [1.29, 1.82) is 0 Å². The van der Waals surface area contributed by atoms with Crippen molar-refractivity contribution >= 4 is 28.8 Å². The number of halogens is 1. The maximum Gasteiger partial charge on any atom is 0.254 e. The first kappa shape index (κ1) is 14.1. The van der Waals surface area contributed by atoms with Crippen molar-refractivity contribution < 1.29 is 4.79 Å². The summed E-state index contributed by atoms with van der Waals surface area (Å²) in [4.78, 5) is 15.4. The lowest BCUT2D eigenvalue weighted by atomic mass is 10.1. The molecule has 0 aliphatic rings. The fourth-order valence-electron chi connectivity index (χ4n) is 1.84. The SMILES string of the molecule is CCN(Cc1cccs1)C(=O)c1ccc(CCl)cc1. The summed E-state index contributed by atoms with van der Waals surface area (Å²) in [7, 11) is 0. The van der Waals surface area contributed by atoms with Crippen LogP contribution < -0.4 is 0 Å². The van der Waals surface area contributed by atoms with Crippen molar-refractivity contribution in [3.63, 3.8) is 0 Å². The van der Waals surface area contributed by atoms with E-state index in [0.717, 1.165) is 5.56 Å². The zero-order valence-corrected chi connectivity index (χ0v) is 12.4. The second-order valence-electron chi connectivity index (χ2n) is 4.23. The molecule has 2 rings (SSSR count). The Morgan fingerprint density at radius 1 is 1.26 bits per heavy atom. The van der Waals surface area contributed by atoms with Gasteiger partial charge in [0.2, 0.25) is 0 Å². The van der Waals surface area contributed by atoms with E-state index in [9.17, 15) is 4.79 Å². The molecule has 0 radical (unpaired) electrons. The van der Waals surface area contributed by atoms with Gasteiger partial charge in [-0.25, -0.2) is 0 Å². The molecule has 0 saturated carbocycles. The Bertz CT molecular complexity index is 522. The topological polar surface area (TPSA) is 20.3 Å². The van der Waals surface area contributed by atoms with Crippen LogP contribution in [0.5, 0.6) is 0 Å². The van der Waals surface area contributed by atoms with Gasteiger partial charge in [0.25, 0.3) is 5.91 Å². The summed E-state index contributed by atoms with van der Waals surface area (Å²) in [6.07, 6.45) is 0. The van der Waals surface area contributed by atoms with Gasteiger partial charge in [-0.15, -0.1) is 22.9 Å². The molecule has 1 amide bonds. The van der Waals surface area contributed by atoms with Gasteiger partial charge in [-0.2, -0.15) is 0 Å². The van der Waals surface area contributed by atoms with Crippen LogP contribution in [0.25, 0.3) is 0 Å². The Morgan fingerprint density at radius 2 is 2.00 bits per heavy atom. The molecule has 1 heterocycles. The molecule has 1 aromatic carbocycles. The van der Waals surface area contributed by atoms with Gasteiger partial charge in [0.15, 0.2) is 0 Å². The lowest BCUT2D eigenvalue weighted by molar-refractivity contribution is 0.0754. The summed E-state index contributed by atoms with van der Waals surface area (Å²) in [6, 6.07) is 11.6. The highest BCUT2D eigenvalue weighted by atomic mass is 35.5. The zero-order chi connectivity index (χ0) is 13.7. The second-order valence-corrected chi connectivity index (χ2v) is 5.53. The van der Waals surface area contributed by atoms with Gasteiger partial charge in [-0.3, -0.25) is 4.79 Å². The first-order valence-electron chi connectivity index (χ1n) is 6.21. The molecule has 0 N–H and O–H groups in total. The predicted molar refractivity (Wildman–Crippen MR) is 80.7 cm³/mol. The molecular weight excluding hydrogens is 278 g/mol. The third-order valence-electron chi connectivity index (χ3n) is 2.95. The fraction of sp³-hybridized carbons (Fsp3) is 0.267. The van der Waals surface area contributed by atoms with Crippen LogP contribution in [0.2, 0.25) is 0 Å². The summed E-state index contributed by atoms with van der Waals surface area (Å²) in [5.74, 6) is 0.540. The molecule has 1 aromatic heterocycles. The molecule has 0 spiro atoms. The molecule has 4 heteroatoms. The van der Waals surface area contributed by atoms with Crippen molar-refractivity contribution in [3.8, 4) is 0 Å². The number of nitrogens with zero attached hydrogens (tertiary/aromatic N) is 1. The number of carbonyl (C=O) groups excluding carboxylic acids is 1. The molecule has 2 aromatic rings. The number of alkyl halides is 1. The lowest BCUT2D eigenvalue weighted by Gasteiger charge is -2.20. The molecule has 100 valence electrons. The minimum atomic E-state index is 0.0667. The number of amides is 1. The van der Waals surface area contributed by atoms with Gasteiger partial charge in [0, 0.05) is 22.9 Å². The Kier molecular flexibility index (Phi) is 5.00. The number of hydrogen-bond donors (Lipinski definition) is 0. The molecule has 19 heavy (non-hydrogen) atoms. The maximum absolute atomic E-state index is 12.4. The van der Waals surface area contributed by atoms with E-state index in [2.05, 4.69) is 6.07 Å². The van der Waals surface area contributed by atoms with Crippen molar-refractivity contribution in [1.82, 2.24) is 4.90 Å². The number of carbonyl (C=O) groups is 1. The Labute approximate surface area is 122 Å². The summed E-state index contributed by atoms with van der Waals surface area (Å²) < 4.78 is 0. The molecule has 2 nitrogen and oxygen atoms in total. The average Bonchev–Trinajstić information content (AvgIpc) is 2.97. The van der Waals surface area contributed by atoms with Crippen LogP contribution in [0, 0.1) is 0 Å². The third kappa shape index (κ3) is 3.58. The largest absolute Gasteiger partial charge is 0.334 e. The first-order chi connectivity index (χ1) is 9.24. The highest BCUT2D eigenvalue weighted by Gasteiger charge is 2.14. The number of benzene rings is 1. The fourth-order valence-corrected chi connectivity index (χ4v) is 2.73. The number of thiophene rings is 1. The van der Waals surface area contributed by atoms with Gasteiger partial charge in [-0.05, 0) is 36.1 Å². The van der Waals surface area contributed by atoms with Crippen molar-refractivity contribution in [3.05, 3.63) is 57.8 Å². The van der Waals surface area contributed by atoms with Crippen LogP contribution in [0.15, 0.2) is 41.8 Å². The van der Waals surface area contributed by atoms with E-state index in [1.165, 1.54) is 4.88 Å². The monoisotopic (exact) mass is 293 g/mol. The normalized spacial score (nSPS) is 10.4. The highest BCUT2D eigenvalue weighted by molar-refractivity contribution is 7.09. The third-order valence-corrected chi connectivity index (χ3v) is 4.12. The molecule has 0 atom stereocenters.